The molecule has 1 saturated heterocycles. The van der Waals surface area contributed by atoms with Gasteiger partial charge in [-0.1, -0.05) is 63.0 Å². The molecule has 0 bridgehead atoms. The van der Waals surface area contributed by atoms with Crippen LogP contribution in [-0.2, 0) is 16.0 Å². The average molecular weight is 389 g/mol. The first kappa shape index (κ1) is 22.2. The van der Waals surface area contributed by atoms with Crippen molar-refractivity contribution in [2.75, 3.05) is 6.61 Å². The number of allylic oxidation sites excluding steroid dienone is 1. The van der Waals surface area contributed by atoms with Crippen molar-refractivity contribution >= 4 is 0 Å². The number of aromatic nitrogens is 2. The van der Waals surface area contributed by atoms with E-state index in [4.69, 9.17) is 9.47 Å². The maximum Gasteiger partial charge on any atom is 0.328 e. The molecule has 28 heavy (non-hydrogen) atoms. The molecule has 1 aliphatic rings. The lowest BCUT2D eigenvalue weighted by Crippen LogP contribution is -2.30. The molecule has 0 aliphatic carbocycles. The molecule has 1 fully saturated rings. The summed E-state index contributed by atoms with van der Waals surface area (Å²) in [6, 6.07) is 0. The van der Waals surface area contributed by atoms with Gasteiger partial charge in [0.25, 0.3) is 5.56 Å². The van der Waals surface area contributed by atoms with Crippen molar-refractivity contribution in [3.63, 3.8) is 0 Å². The Balaban J connectivity index is 1.89. The second-order valence-electron chi connectivity index (χ2n) is 7.57. The van der Waals surface area contributed by atoms with Gasteiger partial charge < -0.3 is 9.47 Å². The molecular formula is C22H32N2O4. The van der Waals surface area contributed by atoms with E-state index in [0.717, 1.165) is 12.8 Å². The van der Waals surface area contributed by atoms with Gasteiger partial charge in [-0.05, 0) is 20.3 Å². The zero-order valence-corrected chi connectivity index (χ0v) is 17.3. The first-order chi connectivity index (χ1) is 13.4. The quantitative estimate of drug-likeness (QED) is 0.400. The number of hydrogen-bond acceptors (Lipinski definition) is 4. The number of ether oxygens (including phenoxy) is 2. The van der Waals surface area contributed by atoms with Crippen LogP contribution >= 0.6 is 0 Å². The third-order valence-corrected chi connectivity index (χ3v) is 4.57. The van der Waals surface area contributed by atoms with Crippen LogP contribution in [0, 0.1) is 11.8 Å². The van der Waals surface area contributed by atoms with E-state index in [1.807, 2.05) is 26.0 Å². The molecule has 0 saturated carbocycles. The third-order valence-electron chi connectivity index (χ3n) is 4.57. The van der Waals surface area contributed by atoms with Crippen LogP contribution in [0.3, 0.4) is 0 Å². The lowest BCUT2D eigenvalue weighted by molar-refractivity contribution is -0.133. The maximum atomic E-state index is 12.0. The van der Waals surface area contributed by atoms with E-state index < -0.39 is 17.0 Å². The van der Waals surface area contributed by atoms with Gasteiger partial charge in [0.1, 0.15) is 11.7 Å². The smallest absolute Gasteiger partial charge is 0.328 e. The van der Waals surface area contributed by atoms with Crippen molar-refractivity contribution in [1.29, 1.82) is 0 Å². The number of aromatic amines is 1. The van der Waals surface area contributed by atoms with E-state index in [2.05, 4.69) is 23.7 Å². The predicted octanol–water partition coefficient (Wildman–Crippen LogP) is 3.35. The first-order valence-electron chi connectivity index (χ1n) is 10.2. The molecule has 0 spiro atoms. The second kappa shape index (κ2) is 11.0. The Morgan fingerprint density at radius 2 is 2.00 bits per heavy atom. The topological polar surface area (TPSA) is 73.3 Å². The fraction of sp³-hybridized carbons (Fsp3) is 0.636. The van der Waals surface area contributed by atoms with E-state index >= 15 is 0 Å². The standard InChI is InChI=1S/C22H32N2O4/c1-4-5-6-7-8-9-10-11-13-18-16-24(21(26)23-20(18)25)15-12-14-19-17-27-22(2,3)28-19/h12,14,16,19H,4-10,15,17H2,1-3H3,(H,23,25,26)/b14-12+. The van der Waals surface area contributed by atoms with Gasteiger partial charge in [-0.3, -0.25) is 14.3 Å². The number of nitrogens with zero attached hydrogens (tertiary/aromatic N) is 1. The summed E-state index contributed by atoms with van der Waals surface area (Å²) in [4.78, 5) is 26.3. The molecule has 1 atom stereocenters. The van der Waals surface area contributed by atoms with Crippen LogP contribution in [0.2, 0.25) is 0 Å². The Kier molecular flexibility index (Phi) is 8.75. The van der Waals surface area contributed by atoms with Crippen LogP contribution in [-0.4, -0.2) is 28.0 Å². The number of unbranched alkanes of at least 4 members (excludes halogenated alkanes) is 6. The molecule has 2 rings (SSSR count). The lowest BCUT2D eigenvalue weighted by Gasteiger charge is -2.15. The molecule has 1 aromatic heterocycles. The van der Waals surface area contributed by atoms with Gasteiger partial charge in [0.15, 0.2) is 5.79 Å². The molecule has 0 amide bonds. The number of rotatable bonds is 9. The number of H-pyrrole nitrogens is 1. The summed E-state index contributed by atoms with van der Waals surface area (Å²) in [6.45, 7) is 6.75. The Bertz CT molecular complexity index is 823. The highest BCUT2D eigenvalue weighted by Crippen LogP contribution is 2.22. The van der Waals surface area contributed by atoms with Gasteiger partial charge in [0.2, 0.25) is 0 Å². The molecular weight excluding hydrogens is 356 g/mol. The average Bonchev–Trinajstić information content (AvgIpc) is 2.99. The van der Waals surface area contributed by atoms with E-state index in [-0.39, 0.29) is 6.10 Å². The molecule has 1 unspecified atom stereocenters. The van der Waals surface area contributed by atoms with Gasteiger partial charge in [0, 0.05) is 19.2 Å². The van der Waals surface area contributed by atoms with E-state index in [1.165, 1.54) is 42.9 Å². The zero-order chi connectivity index (χ0) is 20.4. The molecule has 6 nitrogen and oxygen atoms in total. The molecule has 0 radical (unpaired) electrons. The Labute approximate surface area is 167 Å². The predicted molar refractivity (Wildman–Crippen MR) is 110 cm³/mol. The Morgan fingerprint density at radius 1 is 1.25 bits per heavy atom. The van der Waals surface area contributed by atoms with E-state index in [9.17, 15) is 9.59 Å². The SMILES string of the molecule is CCCCCCCCC#Cc1cn(C/C=C/C2COC(C)(C)O2)c(=O)[nH]c1=O. The minimum atomic E-state index is -0.581. The van der Waals surface area contributed by atoms with Crippen molar-refractivity contribution in [3.8, 4) is 11.8 Å². The Morgan fingerprint density at radius 3 is 2.71 bits per heavy atom. The van der Waals surface area contributed by atoms with Crippen molar-refractivity contribution in [1.82, 2.24) is 9.55 Å². The van der Waals surface area contributed by atoms with E-state index in [0.29, 0.717) is 18.7 Å². The molecule has 2 heterocycles. The summed E-state index contributed by atoms with van der Waals surface area (Å²) < 4.78 is 12.6. The second-order valence-corrected chi connectivity index (χ2v) is 7.57. The normalized spacial score (nSPS) is 18.3. The highest BCUT2D eigenvalue weighted by molar-refractivity contribution is 5.29. The fourth-order valence-electron chi connectivity index (χ4n) is 3.02. The summed E-state index contributed by atoms with van der Waals surface area (Å²) in [5.74, 6) is 5.37. The third kappa shape index (κ3) is 7.49. The molecule has 6 heteroatoms. The van der Waals surface area contributed by atoms with Crippen LogP contribution in [0.25, 0.3) is 0 Å². The minimum Gasteiger partial charge on any atom is -0.347 e. The maximum absolute atomic E-state index is 12.0. The van der Waals surface area contributed by atoms with Crippen molar-refractivity contribution in [3.05, 3.63) is 44.8 Å². The van der Waals surface area contributed by atoms with Crippen LogP contribution in [0.4, 0.5) is 0 Å². The van der Waals surface area contributed by atoms with Gasteiger partial charge in [0.05, 0.1) is 6.61 Å². The van der Waals surface area contributed by atoms with Gasteiger partial charge >= 0.3 is 5.69 Å². The number of nitrogens with one attached hydrogen (secondary N) is 1. The molecule has 1 aromatic rings. The summed E-state index contributed by atoms with van der Waals surface area (Å²) in [5, 5.41) is 0. The molecule has 154 valence electrons. The van der Waals surface area contributed by atoms with Crippen LogP contribution in [0.15, 0.2) is 27.9 Å². The highest BCUT2D eigenvalue weighted by Gasteiger charge is 2.30. The minimum absolute atomic E-state index is 0.134. The first-order valence-corrected chi connectivity index (χ1v) is 10.2. The summed E-state index contributed by atoms with van der Waals surface area (Å²) in [5.41, 5.74) is -0.560. The Hall–Kier alpha value is -2.10. The summed E-state index contributed by atoms with van der Waals surface area (Å²) in [7, 11) is 0. The lowest BCUT2D eigenvalue weighted by atomic mass is 10.1. The summed E-state index contributed by atoms with van der Waals surface area (Å²) >= 11 is 0. The molecule has 1 N–H and O–H groups in total. The van der Waals surface area contributed by atoms with E-state index in [1.54, 1.807) is 0 Å². The van der Waals surface area contributed by atoms with Crippen molar-refractivity contribution in [2.24, 2.45) is 0 Å². The monoisotopic (exact) mass is 388 g/mol. The van der Waals surface area contributed by atoms with Crippen molar-refractivity contribution in [2.45, 2.75) is 84.2 Å². The van der Waals surface area contributed by atoms with Gasteiger partial charge in [-0.15, -0.1) is 0 Å². The van der Waals surface area contributed by atoms with Crippen LogP contribution in [0.1, 0.15) is 71.3 Å². The number of hydrogen-bond donors (Lipinski definition) is 1. The molecule has 1 aliphatic heterocycles. The fourth-order valence-corrected chi connectivity index (χ4v) is 3.02. The van der Waals surface area contributed by atoms with Crippen LogP contribution < -0.4 is 11.2 Å². The largest absolute Gasteiger partial charge is 0.347 e. The highest BCUT2D eigenvalue weighted by atomic mass is 16.7. The van der Waals surface area contributed by atoms with Gasteiger partial charge in [-0.2, -0.15) is 0 Å². The molecule has 0 aromatic carbocycles. The zero-order valence-electron chi connectivity index (χ0n) is 17.3. The van der Waals surface area contributed by atoms with Crippen LogP contribution in [0.5, 0.6) is 0 Å². The van der Waals surface area contributed by atoms with Crippen molar-refractivity contribution < 1.29 is 9.47 Å². The summed E-state index contributed by atoms with van der Waals surface area (Å²) in [6.07, 6.45) is 13.1. The van der Waals surface area contributed by atoms with Gasteiger partial charge in [-0.25, -0.2) is 4.79 Å².